The third-order valence-corrected chi connectivity index (χ3v) is 4.52. The summed E-state index contributed by atoms with van der Waals surface area (Å²) in [5.41, 5.74) is 1.91. The van der Waals surface area contributed by atoms with E-state index in [0.717, 1.165) is 5.56 Å². The maximum atomic E-state index is 11.9. The first-order chi connectivity index (χ1) is 11.5. The predicted molar refractivity (Wildman–Crippen MR) is 93.2 cm³/mol. The van der Waals surface area contributed by atoms with Gasteiger partial charge in [-0.15, -0.1) is 0 Å². The van der Waals surface area contributed by atoms with Crippen LogP contribution in [0.3, 0.4) is 0 Å². The van der Waals surface area contributed by atoms with Crippen LogP contribution in [0.4, 0.5) is 0 Å². The van der Waals surface area contributed by atoms with E-state index in [0.29, 0.717) is 17.0 Å². The molecule has 5 nitrogen and oxygen atoms in total. The van der Waals surface area contributed by atoms with Crippen LogP contribution in [0.1, 0.15) is 28.4 Å². The van der Waals surface area contributed by atoms with E-state index in [4.69, 9.17) is 39.5 Å². The van der Waals surface area contributed by atoms with Gasteiger partial charge in [0.2, 0.25) is 0 Å². The molecule has 3 aromatic rings. The highest BCUT2D eigenvalue weighted by Gasteiger charge is 2.21. The first-order valence-electron chi connectivity index (χ1n) is 7.15. The highest BCUT2D eigenvalue weighted by molar-refractivity contribution is 6.35. The second kappa shape index (κ2) is 6.97. The largest absolute Gasteiger partial charge is 0.462 e. The molecule has 0 spiro atoms. The second-order valence-electron chi connectivity index (χ2n) is 4.95. The standard InChI is InChI=1S/C16H12Cl3N3O2/c1-2-24-16(23)11-8-20-22-14(19)10(13(18)21-15(11)22)7-9-5-3-4-6-12(9)17/h3-6,8H,2,7H2,1H3. The number of hydrogen-bond donors (Lipinski definition) is 0. The lowest BCUT2D eigenvalue weighted by Gasteiger charge is -2.10. The number of carbonyl (C=O) groups is 1. The average molecular weight is 385 g/mol. The van der Waals surface area contributed by atoms with E-state index in [9.17, 15) is 4.79 Å². The van der Waals surface area contributed by atoms with E-state index in [1.807, 2.05) is 18.2 Å². The van der Waals surface area contributed by atoms with Gasteiger partial charge in [0.25, 0.3) is 0 Å². The molecule has 2 aromatic heterocycles. The maximum absolute atomic E-state index is 11.9. The SMILES string of the molecule is CCOC(=O)c1cnn2c(Cl)c(Cc3ccccc3Cl)c(Cl)nc12. The minimum absolute atomic E-state index is 0.193. The molecule has 0 amide bonds. The van der Waals surface area contributed by atoms with Crippen LogP contribution in [0.2, 0.25) is 15.3 Å². The minimum Gasteiger partial charge on any atom is -0.462 e. The Labute approximate surface area is 153 Å². The van der Waals surface area contributed by atoms with E-state index < -0.39 is 5.97 Å². The molecule has 8 heteroatoms. The van der Waals surface area contributed by atoms with Crippen LogP contribution in [0.15, 0.2) is 30.5 Å². The Morgan fingerprint density at radius 2 is 2.00 bits per heavy atom. The summed E-state index contributed by atoms with van der Waals surface area (Å²) < 4.78 is 6.35. The molecule has 24 heavy (non-hydrogen) atoms. The molecule has 0 N–H and O–H groups in total. The lowest BCUT2D eigenvalue weighted by molar-refractivity contribution is 0.0528. The van der Waals surface area contributed by atoms with Gasteiger partial charge in [0, 0.05) is 17.0 Å². The molecule has 0 radical (unpaired) electrons. The molecule has 124 valence electrons. The Bertz CT molecular complexity index is 924. The van der Waals surface area contributed by atoms with Gasteiger partial charge in [0.1, 0.15) is 15.9 Å². The van der Waals surface area contributed by atoms with Crippen molar-refractivity contribution in [3.63, 3.8) is 0 Å². The molecular formula is C16H12Cl3N3O2. The molecule has 1 aromatic carbocycles. The molecule has 0 aliphatic heterocycles. The molecule has 0 unspecified atom stereocenters. The summed E-state index contributed by atoms with van der Waals surface area (Å²) >= 11 is 18.9. The van der Waals surface area contributed by atoms with Crippen molar-refractivity contribution in [1.82, 2.24) is 14.6 Å². The van der Waals surface area contributed by atoms with Gasteiger partial charge in [0.05, 0.1) is 12.8 Å². The highest BCUT2D eigenvalue weighted by Crippen LogP contribution is 2.29. The molecule has 0 saturated carbocycles. The summed E-state index contributed by atoms with van der Waals surface area (Å²) in [6.45, 7) is 1.97. The number of benzene rings is 1. The van der Waals surface area contributed by atoms with Crippen LogP contribution in [0.5, 0.6) is 0 Å². The van der Waals surface area contributed by atoms with Crippen LogP contribution in [0.25, 0.3) is 5.65 Å². The number of carbonyl (C=O) groups excluding carboxylic acids is 1. The highest BCUT2D eigenvalue weighted by atomic mass is 35.5. The fourth-order valence-electron chi connectivity index (χ4n) is 2.30. The fraction of sp³-hybridized carbons (Fsp3) is 0.188. The zero-order chi connectivity index (χ0) is 17.3. The first-order valence-corrected chi connectivity index (χ1v) is 8.28. The molecule has 3 rings (SSSR count). The third-order valence-electron chi connectivity index (χ3n) is 3.45. The second-order valence-corrected chi connectivity index (χ2v) is 6.08. The Morgan fingerprint density at radius 3 is 2.71 bits per heavy atom. The number of halogens is 3. The van der Waals surface area contributed by atoms with Crippen LogP contribution in [-0.2, 0) is 11.2 Å². The van der Waals surface area contributed by atoms with Crippen molar-refractivity contribution in [2.45, 2.75) is 13.3 Å². The van der Waals surface area contributed by atoms with E-state index in [2.05, 4.69) is 10.1 Å². The van der Waals surface area contributed by atoms with Gasteiger partial charge in [0.15, 0.2) is 5.65 Å². The summed E-state index contributed by atoms with van der Waals surface area (Å²) in [5, 5.41) is 5.20. The van der Waals surface area contributed by atoms with Crippen molar-refractivity contribution >= 4 is 46.4 Å². The molecule has 0 fully saturated rings. The zero-order valence-electron chi connectivity index (χ0n) is 12.6. The number of fused-ring (bicyclic) bond motifs is 1. The van der Waals surface area contributed by atoms with Crippen molar-refractivity contribution in [3.8, 4) is 0 Å². The summed E-state index contributed by atoms with van der Waals surface area (Å²) in [6, 6.07) is 7.39. The third kappa shape index (κ3) is 3.07. The number of nitrogens with zero attached hydrogens (tertiary/aromatic N) is 3. The van der Waals surface area contributed by atoms with Crippen molar-refractivity contribution in [2.24, 2.45) is 0 Å². The minimum atomic E-state index is -0.522. The maximum Gasteiger partial charge on any atom is 0.343 e. The summed E-state index contributed by atoms with van der Waals surface area (Å²) in [6.07, 6.45) is 1.76. The number of ether oxygens (including phenoxy) is 1. The first kappa shape index (κ1) is 17.0. The number of hydrogen-bond acceptors (Lipinski definition) is 4. The van der Waals surface area contributed by atoms with E-state index in [-0.39, 0.29) is 28.1 Å². The number of rotatable bonds is 4. The lowest BCUT2D eigenvalue weighted by atomic mass is 10.1. The Morgan fingerprint density at radius 1 is 1.25 bits per heavy atom. The van der Waals surface area contributed by atoms with Gasteiger partial charge >= 0.3 is 5.97 Å². The molecule has 2 heterocycles. The normalized spacial score (nSPS) is 11.0. The van der Waals surface area contributed by atoms with Gasteiger partial charge in [-0.05, 0) is 18.6 Å². The predicted octanol–water partition coefficient (Wildman–Crippen LogP) is 4.46. The van der Waals surface area contributed by atoms with Crippen molar-refractivity contribution in [2.75, 3.05) is 6.61 Å². The van der Waals surface area contributed by atoms with E-state index in [1.54, 1.807) is 13.0 Å². The number of aromatic nitrogens is 3. The zero-order valence-corrected chi connectivity index (χ0v) is 14.9. The van der Waals surface area contributed by atoms with Gasteiger partial charge in [-0.3, -0.25) is 0 Å². The van der Waals surface area contributed by atoms with Gasteiger partial charge in [-0.1, -0.05) is 53.0 Å². The quantitative estimate of drug-likeness (QED) is 0.492. The van der Waals surface area contributed by atoms with Crippen LogP contribution < -0.4 is 0 Å². The summed E-state index contributed by atoms with van der Waals surface area (Å²) in [7, 11) is 0. The summed E-state index contributed by atoms with van der Waals surface area (Å²) in [5.74, 6) is -0.522. The number of esters is 1. The van der Waals surface area contributed by atoms with E-state index >= 15 is 0 Å². The average Bonchev–Trinajstić information content (AvgIpc) is 2.97. The molecule has 0 saturated heterocycles. The summed E-state index contributed by atoms with van der Waals surface area (Å²) in [4.78, 5) is 16.2. The smallest absolute Gasteiger partial charge is 0.343 e. The van der Waals surface area contributed by atoms with Crippen LogP contribution in [0, 0.1) is 0 Å². The topological polar surface area (TPSA) is 56.5 Å². The Hall–Kier alpha value is -1.82. The lowest BCUT2D eigenvalue weighted by Crippen LogP contribution is -2.06. The van der Waals surface area contributed by atoms with Crippen molar-refractivity contribution in [3.05, 3.63) is 62.5 Å². The Balaban J connectivity index is 2.08. The molecule has 0 aliphatic rings. The molecule has 0 atom stereocenters. The molecule has 0 aliphatic carbocycles. The molecule has 0 bridgehead atoms. The van der Waals surface area contributed by atoms with Gasteiger partial charge < -0.3 is 4.74 Å². The monoisotopic (exact) mass is 383 g/mol. The fourth-order valence-corrected chi connectivity index (χ4v) is 3.06. The van der Waals surface area contributed by atoms with Crippen molar-refractivity contribution < 1.29 is 9.53 Å². The van der Waals surface area contributed by atoms with Gasteiger partial charge in [-0.2, -0.15) is 5.10 Å². The van der Waals surface area contributed by atoms with Crippen LogP contribution >= 0.6 is 34.8 Å². The molecular weight excluding hydrogens is 373 g/mol. The Kier molecular flexibility index (Phi) is 4.94. The van der Waals surface area contributed by atoms with E-state index in [1.165, 1.54) is 10.7 Å². The van der Waals surface area contributed by atoms with Crippen LogP contribution in [-0.4, -0.2) is 27.2 Å². The van der Waals surface area contributed by atoms with Gasteiger partial charge in [-0.25, -0.2) is 14.3 Å². The van der Waals surface area contributed by atoms with Crippen molar-refractivity contribution in [1.29, 1.82) is 0 Å².